The van der Waals surface area contributed by atoms with Gasteiger partial charge in [0.25, 0.3) is 0 Å². The molecule has 2 aromatic heterocycles. The normalized spacial score (nSPS) is 10.3. The minimum absolute atomic E-state index is 0.220. The van der Waals surface area contributed by atoms with Crippen LogP contribution in [0.5, 0.6) is 0 Å². The van der Waals surface area contributed by atoms with Gasteiger partial charge in [0.05, 0.1) is 0 Å². The maximum atomic E-state index is 4.49. The van der Waals surface area contributed by atoms with Crippen LogP contribution >= 0.6 is 0 Å². The second-order valence-corrected chi connectivity index (χ2v) is 5.52. The van der Waals surface area contributed by atoms with Crippen molar-refractivity contribution in [3.8, 4) is 0 Å². The van der Waals surface area contributed by atoms with Crippen LogP contribution in [-0.4, -0.2) is 24.9 Å². The van der Waals surface area contributed by atoms with Gasteiger partial charge in [-0.05, 0) is 0 Å². The van der Waals surface area contributed by atoms with E-state index < -0.39 is 0 Å². The Morgan fingerprint density at radius 3 is 1.67 bits per heavy atom. The zero-order valence-electron chi connectivity index (χ0n) is 8.77. The van der Waals surface area contributed by atoms with Crippen LogP contribution in [0.2, 0.25) is 0 Å². The molecular weight excluding hydrogens is 251 g/mol. The third-order valence-electron chi connectivity index (χ3n) is 1.93. The van der Waals surface area contributed by atoms with Gasteiger partial charge in [0.1, 0.15) is 0 Å². The summed E-state index contributed by atoms with van der Waals surface area (Å²) in [6, 6.07) is 12.3. The standard InChI is InChI=1S/C12H12N2Se/c1-9-5-3-7-11(13-9)15-12-8-4-6-10(2)14-12/h3-8H,1-2H3. The van der Waals surface area contributed by atoms with E-state index in [-0.39, 0.29) is 15.0 Å². The molecule has 2 nitrogen and oxygen atoms in total. The topological polar surface area (TPSA) is 25.8 Å². The molecule has 0 spiro atoms. The van der Waals surface area contributed by atoms with Crippen molar-refractivity contribution in [1.82, 2.24) is 9.97 Å². The molecule has 0 saturated carbocycles. The summed E-state index contributed by atoms with van der Waals surface area (Å²) in [5.74, 6) is 0. The number of rotatable bonds is 2. The van der Waals surface area contributed by atoms with Crippen molar-refractivity contribution in [2.24, 2.45) is 0 Å². The van der Waals surface area contributed by atoms with E-state index in [0.29, 0.717) is 0 Å². The summed E-state index contributed by atoms with van der Waals surface area (Å²) in [6.45, 7) is 4.03. The fraction of sp³-hybridized carbons (Fsp3) is 0.167. The zero-order chi connectivity index (χ0) is 10.7. The Balaban J connectivity index is 2.22. The molecule has 0 fully saturated rings. The molecule has 3 heteroatoms. The number of nitrogens with zero attached hydrogens (tertiary/aromatic N) is 2. The van der Waals surface area contributed by atoms with Gasteiger partial charge >= 0.3 is 95.7 Å². The van der Waals surface area contributed by atoms with Gasteiger partial charge in [0.15, 0.2) is 0 Å². The third-order valence-corrected chi connectivity index (χ3v) is 3.77. The molecular formula is C12H12N2Se. The molecule has 0 N–H and O–H groups in total. The van der Waals surface area contributed by atoms with Crippen LogP contribution < -0.4 is 9.18 Å². The second-order valence-electron chi connectivity index (χ2n) is 3.34. The van der Waals surface area contributed by atoms with Gasteiger partial charge in [-0.25, -0.2) is 0 Å². The molecule has 0 bridgehead atoms. The Bertz CT molecular complexity index is 425. The molecule has 2 rings (SSSR count). The van der Waals surface area contributed by atoms with Crippen molar-refractivity contribution >= 4 is 24.1 Å². The van der Waals surface area contributed by atoms with Crippen molar-refractivity contribution in [1.29, 1.82) is 0 Å². The van der Waals surface area contributed by atoms with E-state index in [1.807, 2.05) is 26.0 Å². The Labute approximate surface area is 95.9 Å². The van der Waals surface area contributed by atoms with Gasteiger partial charge in [0.2, 0.25) is 0 Å². The van der Waals surface area contributed by atoms with Crippen LogP contribution in [0.3, 0.4) is 0 Å². The number of hydrogen-bond donors (Lipinski definition) is 0. The molecule has 76 valence electrons. The van der Waals surface area contributed by atoms with Crippen molar-refractivity contribution in [3.05, 3.63) is 47.8 Å². The Morgan fingerprint density at radius 1 is 0.800 bits per heavy atom. The van der Waals surface area contributed by atoms with Gasteiger partial charge in [0, 0.05) is 0 Å². The molecule has 0 aliphatic carbocycles. The molecule has 2 aromatic rings. The summed E-state index contributed by atoms with van der Waals surface area (Å²) in [4.78, 5) is 8.97. The second kappa shape index (κ2) is 4.56. The first-order chi connectivity index (χ1) is 7.24. The van der Waals surface area contributed by atoms with Crippen LogP contribution in [0.4, 0.5) is 0 Å². The van der Waals surface area contributed by atoms with E-state index in [9.17, 15) is 0 Å². The van der Waals surface area contributed by atoms with Crippen molar-refractivity contribution < 1.29 is 0 Å². The molecule has 0 aromatic carbocycles. The predicted molar refractivity (Wildman–Crippen MR) is 63.0 cm³/mol. The van der Waals surface area contributed by atoms with E-state index in [2.05, 4.69) is 34.2 Å². The number of pyridine rings is 2. The summed E-state index contributed by atoms with van der Waals surface area (Å²) in [5, 5.41) is 0. The molecule has 0 aliphatic heterocycles. The number of aryl methyl sites for hydroxylation is 2. The SMILES string of the molecule is Cc1cccc([Se]c2cccc(C)n2)n1. The quantitative estimate of drug-likeness (QED) is 0.747. The number of hydrogen-bond acceptors (Lipinski definition) is 2. The van der Waals surface area contributed by atoms with Gasteiger partial charge in [-0.3, -0.25) is 0 Å². The first kappa shape index (κ1) is 10.3. The molecule has 0 amide bonds. The van der Waals surface area contributed by atoms with Crippen LogP contribution in [0, 0.1) is 13.8 Å². The molecule has 15 heavy (non-hydrogen) atoms. The molecule has 0 aliphatic rings. The van der Waals surface area contributed by atoms with Gasteiger partial charge in [-0.1, -0.05) is 0 Å². The van der Waals surface area contributed by atoms with E-state index in [4.69, 9.17) is 0 Å². The fourth-order valence-corrected chi connectivity index (χ4v) is 3.12. The van der Waals surface area contributed by atoms with Crippen LogP contribution in [0.15, 0.2) is 36.4 Å². The first-order valence-electron chi connectivity index (χ1n) is 4.79. The third kappa shape index (κ3) is 2.88. The molecule has 0 saturated heterocycles. The average Bonchev–Trinajstić information content (AvgIpc) is 2.17. The molecule has 2 heterocycles. The van der Waals surface area contributed by atoms with Crippen molar-refractivity contribution in [3.63, 3.8) is 0 Å². The Hall–Kier alpha value is -1.18. The monoisotopic (exact) mass is 264 g/mol. The van der Waals surface area contributed by atoms with Gasteiger partial charge < -0.3 is 0 Å². The van der Waals surface area contributed by atoms with Gasteiger partial charge in [-0.2, -0.15) is 0 Å². The van der Waals surface area contributed by atoms with Crippen LogP contribution in [0.25, 0.3) is 0 Å². The average molecular weight is 263 g/mol. The molecule has 0 unspecified atom stereocenters. The summed E-state index contributed by atoms with van der Waals surface area (Å²) in [7, 11) is 0. The van der Waals surface area contributed by atoms with Gasteiger partial charge in [-0.15, -0.1) is 0 Å². The molecule has 0 atom stereocenters. The number of aromatic nitrogens is 2. The van der Waals surface area contributed by atoms with Crippen LogP contribution in [-0.2, 0) is 0 Å². The summed E-state index contributed by atoms with van der Waals surface area (Å²) < 4.78 is 2.28. The predicted octanol–water partition coefficient (Wildman–Crippen LogP) is 0.748. The van der Waals surface area contributed by atoms with Crippen LogP contribution in [0.1, 0.15) is 11.4 Å². The summed E-state index contributed by atoms with van der Waals surface area (Å²) in [6.07, 6.45) is 0. The van der Waals surface area contributed by atoms with E-state index in [1.165, 1.54) is 0 Å². The fourth-order valence-electron chi connectivity index (χ4n) is 1.26. The minimum atomic E-state index is 0.220. The Kier molecular flexibility index (Phi) is 3.14. The molecule has 0 radical (unpaired) electrons. The zero-order valence-corrected chi connectivity index (χ0v) is 10.5. The van der Waals surface area contributed by atoms with Crippen molar-refractivity contribution in [2.75, 3.05) is 0 Å². The van der Waals surface area contributed by atoms with Crippen molar-refractivity contribution in [2.45, 2.75) is 13.8 Å². The van der Waals surface area contributed by atoms with E-state index in [0.717, 1.165) is 20.6 Å². The summed E-state index contributed by atoms with van der Waals surface area (Å²) >= 11 is 0.220. The summed E-state index contributed by atoms with van der Waals surface area (Å²) in [5.41, 5.74) is 2.14. The first-order valence-corrected chi connectivity index (χ1v) is 6.50. The van der Waals surface area contributed by atoms with E-state index >= 15 is 0 Å². The Morgan fingerprint density at radius 2 is 1.27 bits per heavy atom. The van der Waals surface area contributed by atoms with E-state index in [1.54, 1.807) is 0 Å². The maximum absolute atomic E-state index is 4.49.